The highest BCUT2D eigenvalue weighted by molar-refractivity contribution is 7.99. The lowest BCUT2D eigenvalue weighted by Gasteiger charge is -2.23. The van der Waals surface area contributed by atoms with Gasteiger partial charge in [0, 0.05) is 56.8 Å². The monoisotopic (exact) mass is 507 g/mol. The van der Waals surface area contributed by atoms with Crippen LogP contribution in [0.5, 0.6) is 0 Å². The summed E-state index contributed by atoms with van der Waals surface area (Å²) in [6, 6.07) is 8.11. The fraction of sp³-hybridized carbons (Fsp3) is 0.400. The van der Waals surface area contributed by atoms with Gasteiger partial charge in [-0.2, -0.15) is 5.10 Å². The molecule has 3 aromatic heterocycles. The Balaban J connectivity index is 1.26. The molecule has 0 radical (unpaired) electrons. The molecule has 1 aromatic carbocycles. The van der Waals surface area contributed by atoms with Crippen molar-refractivity contribution in [1.29, 1.82) is 0 Å². The number of carbonyl (C=O) groups excluding carboxylic acids is 1. The van der Waals surface area contributed by atoms with Crippen molar-refractivity contribution in [3.63, 3.8) is 0 Å². The Kier molecular flexibility index (Phi) is 6.92. The minimum absolute atomic E-state index is 0.312. The zero-order chi connectivity index (χ0) is 25.2. The maximum absolute atomic E-state index is 11.3. The maximum Gasteiger partial charge on any atom is 0.293 e. The van der Waals surface area contributed by atoms with Gasteiger partial charge in [-0.3, -0.25) is 14.4 Å². The Bertz CT molecular complexity index is 1380. The van der Waals surface area contributed by atoms with Crippen LogP contribution in [0.4, 0.5) is 0 Å². The summed E-state index contributed by atoms with van der Waals surface area (Å²) in [4.78, 5) is 13.6. The van der Waals surface area contributed by atoms with Gasteiger partial charge >= 0.3 is 0 Å². The van der Waals surface area contributed by atoms with E-state index in [2.05, 4.69) is 31.4 Å². The summed E-state index contributed by atoms with van der Waals surface area (Å²) in [6.45, 7) is 6.80. The zero-order valence-electron chi connectivity index (χ0n) is 20.8. The van der Waals surface area contributed by atoms with Gasteiger partial charge in [0.2, 0.25) is 0 Å². The number of fused-ring (bicyclic) bond motifs is 1. The number of hydrogen-bond acceptors (Lipinski definition) is 9. The van der Waals surface area contributed by atoms with Gasteiger partial charge in [0.1, 0.15) is 17.6 Å². The van der Waals surface area contributed by atoms with E-state index in [-0.39, 0.29) is 6.10 Å². The lowest BCUT2D eigenvalue weighted by atomic mass is 9.97. The van der Waals surface area contributed by atoms with Crippen LogP contribution < -0.4 is 0 Å². The number of ether oxygens (including phenoxy) is 1. The quantitative estimate of drug-likeness (QED) is 0.262. The van der Waals surface area contributed by atoms with Crippen LogP contribution in [0.25, 0.3) is 22.6 Å². The second kappa shape index (κ2) is 10.3. The number of aromatic nitrogens is 6. The molecule has 0 amide bonds. The number of nitrogens with zero attached hydrogens (tertiary/aromatic N) is 7. The average Bonchev–Trinajstić information content (AvgIpc) is 3.52. The van der Waals surface area contributed by atoms with E-state index >= 15 is 0 Å². The molecular formula is C25H29N7O3S. The van der Waals surface area contributed by atoms with Gasteiger partial charge < -0.3 is 13.8 Å². The van der Waals surface area contributed by atoms with Gasteiger partial charge in [-0.05, 0) is 37.5 Å². The lowest BCUT2D eigenvalue weighted by Crippen LogP contribution is -2.31. The molecule has 36 heavy (non-hydrogen) atoms. The fourth-order valence-electron chi connectivity index (χ4n) is 4.55. The second-order valence-electron chi connectivity index (χ2n) is 8.99. The third-order valence-electron chi connectivity index (χ3n) is 6.70. The lowest BCUT2D eigenvalue weighted by molar-refractivity contribution is -0.134. The molecular weight excluding hydrogens is 478 g/mol. The summed E-state index contributed by atoms with van der Waals surface area (Å²) in [6.07, 6.45) is 2.37. The van der Waals surface area contributed by atoms with E-state index in [9.17, 15) is 4.79 Å². The Morgan fingerprint density at radius 2 is 2.08 bits per heavy atom. The minimum Gasteiger partial charge on any atom is -0.458 e. The van der Waals surface area contributed by atoms with Crippen LogP contribution in [-0.4, -0.2) is 66.5 Å². The Hall–Kier alpha value is -3.44. The van der Waals surface area contributed by atoms with Crippen molar-refractivity contribution < 1.29 is 14.1 Å². The molecule has 4 aromatic rings. The molecule has 4 heterocycles. The van der Waals surface area contributed by atoms with Crippen molar-refractivity contribution in [2.45, 2.75) is 31.5 Å². The molecule has 11 heteroatoms. The highest BCUT2D eigenvalue weighted by Crippen LogP contribution is 2.31. The SMILES string of the molecule is Cc1cc(-c2ccc3c(c2)CCN(CCSc2nnc(-c4cnn(C)c4C)n2C)CC3OC=O)no1. The Morgan fingerprint density at radius 3 is 2.81 bits per heavy atom. The van der Waals surface area contributed by atoms with Crippen LogP contribution >= 0.6 is 11.8 Å². The summed E-state index contributed by atoms with van der Waals surface area (Å²) in [5.41, 5.74) is 6.06. The van der Waals surface area contributed by atoms with Crippen LogP contribution in [0, 0.1) is 13.8 Å². The van der Waals surface area contributed by atoms with E-state index in [1.54, 1.807) is 11.8 Å². The number of hydrogen-bond donors (Lipinski definition) is 0. The smallest absolute Gasteiger partial charge is 0.293 e. The second-order valence-corrected chi connectivity index (χ2v) is 10.1. The van der Waals surface area contributed by atoms with E-state index < -0.39 is 0 Å². The van der Waals surface area contributed by atoms with Gasteiger partial charge in [-0.25, -0.2) is 0 Å². The first-order valence-corrected chi connectivity index (χ1v) is 12.8. The molecule has 1 aliphatic rings. The van der Waals surface area contributed by atoms with Crippen molar-refractivity contribution in [3.8, 4) is 22.6 Å². The molecule has 0 N–H and O–H groups in total. The molecule has 5 rings (SSSR count). The average molecular weight is 508 g/mol. The van der Waals surface area contributed by atoms with E-state index in [4.69, 9.17) is 9.26 Å². The van der Waals surface area contributed by atoms with Gasteiger partial charge in [0.25, 0.3) is 6.47 Å². The normalized spacial score (nSPS) is 16.1. The van der Waals surface area contributed by atoms with Gasteiger partial charge in [-0.1, -0.05) is 29.1 Å². The first kappa shape index (κ1) is 24.3. The molecule has 1 atom stereocenters. The Labute approximate surface area is 213 Å². The van der Waals surface area contributed by atoms with E-state index in [1.807, 2.05) is 61.6 Å². The predicted molar refractivity (Wildman–Crippen MR) is 135 cm³/mol. The maximum atomic E-state index is 11.3. The van der Waals surface area contributed by atoms with Crippen LogP contribution in [-0.2, 0) is 30.0 Å². The van der Waals surface area contributed by atoms with Gasteiger partial charge in [-0.15, -0.1) is 10.2 Å². The van der Waals surface area contributed by atoms with Crippen LogP contribution in [0.3, 0.4) is 0 Å². The predicted octanol–water partition coefficient (Wildman–Crippen LogP) is 3.35. The fourth-order valence-corrected chi connectivity index (χ4v) is 5.46. The number of rotatable bonds is 8. The Morgan fingerprint density at radius 1 is 1.22 bits per heavy atom. The van der Waals surface area contributed by atoms with E-state index in [0.717, 1.165) is 70.1 Å². The van der Waals surface area contributed by atoms with E-state index in [0.29, 0.717) is 13.0 Å². The molecule has 0 fully saturated rings. The molecule has 0 saturated heterocycles. The molecule has 0 aliphatic carbocycles. The molecule has 0 saturated carbocycles. The number of carbonyl (C=O) groups is 1. The minimum atomic E-state index is -0.312. The molecule has 0 spiro atoms. The molecule has 188 valence electrons. The van der Waals surface area contributed by atoms with E-state index in [1.165, 1.54) is 5.56 Å². The van der Waals surface area contributed by atoms with Crippen LogP contribution in [0.1, 0.15) is 28.7 Å². The van der Waals surface area contributed by atoms with Crippen molar-refractivity contribution >= 4 is 18.2 Å². The molecule has 1 unspecified atom stereocenters. The first-order valence-electron chi connectivity index (χ1n) is 11.8. The number of benzene rings is 1. The van der Waals surface area contributed by atoms with Crippen molar-refractivity contribution in [3.05, 3.63) is 53.0 Å². The van der Waals surface area contributed by atoms with Crippen molar-refractivity contribution in [1.82, 2.24) is 34.6 Å². The summed E-state index contributed by atoms with van der Waals surface area (Å²) in [5.74, 6) is 2.42. The summed E-state index contributed by atoms with van der Waals surface area (Å²) < 4.78 is 14.6. The highest BCUT2D eigenvalue weighted by Gasteiger charge is 2.25. The summed E-state index contributed by atoms with van der Waals surface area (Å²) >= 11 is 1.67. The zero-order valence-corrected chi connectivity index (χ0v) is 21.7. The molecule has 10 nitrogen and oxygen atoms in total. The summed E-state index contributed by atoms with van der Waals surface area (Å²) in [5, 5.41) is 18.1. The third-order valence-corrected chi connectivity index (χ3v) is 7.70. The molecule has 1 aliphatic heterocycles. The number of aryl methyl sites for hydroxylation is 2. The van der Waals surface area contributed by atoms with Crippen molar-refractivity contribution in [2.24, 2.45) is 14.1 Å². The van der Waals surface area contributed by atoms with Crippen LogP contribution in [0.15, 0.2) is 40.1 Å². The third kappa shape index (κ3) is 4.80. The van der Waals surface area contributed by atoms with Gasteiger partial charge in [0.05, 0.1) is 11.8 Å². The topological polar surface area (TPSA) is 104 Å². The van der Waals surface area contributed by atoms with Gasteiger partial charge in [0.15, 0.2) is 11.0 Å². The first-order chi connectivity index (χ1) is 17.4. The largest absolute Gasteiger partial charge is 0.458 e. The van der Waals surface area contributed by atoms with Crippen molar-refractivity contribution in [2.75, 3.05) is 25.4 Å². The standard InChI is InChI=1S/C25H29N7O3S/c1-16-11-22(29-35-16)19-5-6-20-18(12-19)7-8-32(14-23(20)34-15-33)9-10-36-25-28-27-24(30(25)3)21-13-26-31(4)17(21)2/h5-6,11-13,15,23H,7-10,14H2,1-4H3. The highest BCUT2D eigenvalue weighted by atomic mass is 32.2. The number of thioether (sulfide) groups is 1. The molecule has 0 bridgehead atoms. The van der Waals surface area contributed by atoms with Crippen LogP contribution in [0.2, 0.25) is 0 Å². The summed E-state index contributed by atoms with van der Waals surface area (Å²) in [7, 11) is 3.90.